The third-order valence-corrected chi connectivity index (χ3v) is 3.94. The highest BCUT2D eigenvalue weighted by molar-refractivity contribution is 5.60. The number of nitriles is 1. The van der Waals surface area contributed by atoms with Gasteiger partial charge in [-0.1, -0.05) is 12.1 Å². The van der Waals surface area contributed by atoms with Crippen molar-refractivity contribution in [2.75, 3.05) is 36.0 Å². The van der Waals surface area contributed by atoms with Crippen molar-refractivity contribution < 1.29 is 17.6 Å². The fourth-order valence-electron chi connectivity index (χ4n) is 2.77. The smallest absolute Gasteiger partial charge is 0.253 e. The lowest BCUT2D eigenvalue weighted by molar-refractivity contribution is 0.404. The van der Waals surface area contributed by atoms with Crippen LogP contribution >= 0.6 is 0 Å². The van der Waals surface area contributed by atoms with Gasteiger partial charge in [-0.05, 0) is 12.1 Å². The van der Waals surface area contributed by atoms with E-state index < -0.39 is 29.2 Å². The van der Waals surface area contributed by atoms with Gasteiger partial charge in [0, 0.05) is 26.2 Å². The molecule has 1 aliphatic heterocycles. The molecule has 24 heavy (non-hydrogen) atoms. The number of halogens is 4. The Morgan fingerprint density at radius 1 is 0.875 bits per heavy atom. The van der Waals surface area contributed by atoms with Gasteiger partial charge in [0.25, 0.3) is 11.9 Å². The second kappa shape index (κ2) is 6.35. The van der Waals surface area contributed by atoms with Crippen LogP contribution < -0.4 is 9.80 Å². The molecule has 1 aliphatic rings. The van der Waals surface area contributed by atoms with Crippen LogP contribution in [0.4, 0.5) is 28.9 Å². The Balaban J connectivity index is 1.83. The molecule has 1 saturated heterocycles. The third kappa shape index (κ3) is 2.73. The number of piperazine rings is 1. The van der Waals surface area contributed by atoms with E-state index in [2.05, 4.69) is 11.1 Å². The third-order valence-electron chi connectivity index (χ3n) is 3.94. The van der Waals surface area contributed by atoms with E-state index in [1.54, 1.807) is 24.3 Å². The monoisotopic (exact) mass is 336 g/mol. The van der Waals surface area contributed by atoms with Crippen LogP contribution in [0.3, 0.4) is 0 Å². The fraction of sp³-hybridized carbons (Fsp3) is 0.250. The maximum atomic E-state index is 13.8. The summed E-state index contributed by atoms with van der Waals surface area (Å²) in [7, 11) is 0. The number of anilines is 2. The zero-order valence-electron chi connectivity index (χ0n) is 12.4. The van der Waals surface area contributed by atoms with Crippen molar-refractivity contribution in [3.05, 3.63) is 53.4 Å². The molecule has 0 N–H and O–H groups in total. The number of benzene rings is 1. The van der Waals surface area contributed by atoms with Gasteiger partial charge in [0.1, 0.15) is 11.8 Å². The molecule has 0 bridgehead atoms. The lowest BCUT2D eigenvalue weighted by Gasteiger charge is -2.37. The quantitative estimate of drug-likeness (QED) is 0.625. The molecule has 1 aromatic carbocycles. The Morgan fingerprint density at radius 2 is 1.42 bits per heavy atom. The maximum absolute atomic E-state index is 13.8. The van der Waals surface area contributed by atoms with Gasteiger partial charge in [-0.3, -0.25) is 0 Å². The van der Waals surface area contributed by atoms with E-state index in [0.29, 0.717) is 24.3 Å². The van der Waals surface area contributed by atoms with Gasteiger partial charge in [0.15, 0.2) is 0 Å². The molecule has 0 saturated carbocycles. The van der Waals surface area contributed by atoms with E-state index in [9.17, 15) is 17.6 Å². The Hall–Kier alpha value is -2.82. The van der Waals surface area contributed by atoms with E-state index in [1.807, 2.05) is 4.90 Å². The summed E-state index contributed by atoms with van der Waals surface area (Å²) in [6.45, 7) is 0.999. The number of hydrogen-bond acceptors (Lipinski definition) is 4. The summed E-state index contributed by atoms with van der Waals surface area (Å²) in [5.41, 5.74) is 0.463. The molecule has 1 fully saturated rings. The van der Waals surface area contributed by atoms with Crippen LogP contribution in [0.25, 0.3) is 0 Å². The van der Waals surface area contributed by atoms with E-state index in [1.165, 1.54) is 4.90 Å². The average molecular weight is 336 g/mol. The van der Waals surface area contributed by atoms with Crippen molar-refractivity contribution >= 4 is 11.4 Å². The summed E-state index contributed by atoms with van der Waals surface area (Å²) in [6.07, 6.45) is 0. The summed E-state index contributed by atoms with van der Waals surface area (Å²) in [5.74, 6) is -6.33. The van der Waals surface area contributed by atoms with Gasteiger partial charge in [-0.15, -0.1) is 0 Å². The van der Waals surface area contributed by atoms with Gasteiger partial charge in [0.2, 0.25) is 11.6 Å². The molecule has 0 unspecified atom stereocenters. The van der Waals surface area contributed by atoms with E-state index in [4.69, 9.17) is 5.26 Å². The average Bonchev–Trinajstić information content (AvgIpc) is 2.61. The van der Waals surface area contributed by atoms with Crippen LogP contribution in [-0.4, -0.2) is 31.2 Å². The SMILES string of the molecule is N#Cc1ccccc1N1CCN(c2c(F)c(F)nc(F)c2F)CC1. The highest BCUT2D eigenvalue weighted by Crippen LogP contribution is 2.28. The minimum atomic E-state index is -1.67. The van der Waals surface area contributed by atoms with Crippen molar-refractivity contribution in [1.82, 2.24) is 4.98 Å². The fourth-order valence-corrected chi connectivity index (χ4v) is 2.77. The van der Waals surface area contributed by atoms with Gasteiger partial charge < -0.3 is 9.80 Å². The molecule has 0 atom stereocenters. The minimum Gasteiger partial charge on any atom is -0.367 e. The number of pyridine rings is 1. The molecular formula is C16H12F4N4. The van der Waals surface area contributed by atoms with Crippen molar-refractivity contribution in [1.29, 1.82) is 5.26 Å². The molecule has 2 aromatic rings. The molecule has 4 nitrogen and oxygen atoms in total. The summed E-state index contributed by atoms with van der Waals surface area (Å²) < 4.78 is 54.1. The summed E-state index contributed by atoms with van der Waals surface area (Å²) in [4.78, 5) is 5.68. The van der Waals surface area contributed by atoms with Crippen LogP contribution in [0, 0.1) is 34.9 Å². The first-order chi connectivity index (χ1) is 11.5. The predicted molar refractivity (Wildman–Crippen MR) is 79.7 cm³/mol. The van der Waals surface area contributed by atoms with Gasteiger partial charge in [0.05, 0.1) is 11.3 Å². The molecule has 0 radical (unpaired) electrons. The molecule has 1 aromatic heterocycles. The van der Waals surface area contributed by atoms with Gasteiger partial charge in [-0.2, -0.15) is 27.8 Å². The van der Waals surface area contributed by atoms with Crippen molar-refractivity contribution in [2.45, 2.75) is 0 Å². The maximum Gasteiger partial charge on any atom is 0.253 e. The Bertz CT molecular complexity index is 784. The number of hydrogen-bond donors (Lipinski definition) is 0. The van der Waals surface area contributed by atoms with Gasteiger partial charge >= 0.3 is 0 Å². The highest BCUT2D eigenvalue weighted by atomic mass is 19.2. The van der Waals surface area contributed by atoms with E-state index >= 15 is 0 Å². The Kier molecular flexibility index (Phi) is 4.25. The normalized spacial score (nSPS) is 14.6. The molecule has 0 amide bonds. The second-order valence-corrected chi connectivity index (χ2v) is 5.27. The number of para-hydroxylation sites is 1. The standard InChI is InChI=1S/C16H12F4N4/c17-12-14(13(18)16(20)22-15(12)19)24-7-5-23(6-8-24)11-4-2-1-3-10(11)9-21/h1-4H,5-8H2. The number of aromatic nitrogens is 1. The van der Waals surface area contributed by atoms with Crippen LogP contribution in [0.5, 0.6) is 0 Å². The molecule has 8 heteroatoms. The van der Waals surface area contributed by atoms with Crippen molar-refractivity contribution in [2.24, 2.45) is 0 Å². The van der Waals surface area contributed by atoms with E-state index in [-0.39, 0.29) is 13.1 Å². The lowest BCUT2D eigenvalue weighted by Crippen LogP contribution is -2.47. The van der Waals surface area contributed by atoms with Crippen LogP contribution in [-0.2, 0) is 0 Å². The Labute approximate surface area is 135 Å². The zero-order valence-corrected chi connectivity index (χ0v) is 12.4. The van der Waals surface area contributed by atoms with Crippen molar-refractivity contribution in [3.8, 4) is 6.07 Å². The summed E-state index contributed by atoms with van der Waals surface area (Å²) in [5, 5.41) is 9.14. The molecular weight excluding hydrogens is 324 g/mol. The van der Waals surface area contributed by atoms with Crippen LogP contribution in [0.15, 0.2) is 24.3 Å². The topological polar surface area (TPSA) is 43.2 Å². The first kappa shape index (κ1) is 16.1. The molecule has 0 aliphatic carbocycles. The minimum absolute atomic E-state index is 0.149. The zero-order chi connectivity index (χ0) is 17.3. The Morgan fingerprint density at radius 3 is 2.00 bits per heavy atom. The second-order valence-electron chi connectivity index (χ2n) is 5.27. The number of nitrogens with zero attached hydrogens (tertiary/aromatic N) is 4. The van der Waals surface area contributed by atoms with E-state index in [0.717, 1.165) is 0 Å². The molecule has 0 spiro atoms. The summed E-state index contributed by atoms with van der Waals surface area (Å²) >= 11 is 0. The predicted octanol–water partition coefficient (Wildman–Crippen LogP) is 2.84. The molecule has 3 rings (SSSR count). The molecule has 2 heterocycles. The summed E-state index contributed by atoms with van der Waals surface area (Å²) in [6, 6.07) is 9.07. The van der Waals surface area contributed by atoms with Crippen LogP contribution in [0.2, 0.25) is 0 Å². The lowest BCUT2D eigenvalue weighted by atomic mass is 10.1. The molecule has 124 valence electrons. The first-order valence-corrected chi connectivity index (χ1v) is 7.22. The number of rotatable bonds is 2. The first-order valence-electron chi connectivity index (χ1n) is 7.22. The van der Waals surface area contributed by atoms with Gasteiger partial charge in [-0.25, -0.2) is 0 Å². The largest absolute Gasteiger partial charge is 0.367 e. The van der Waals surface area contributed by atoms with Crippen LogP contribution in [0.1, 0.15) is 5.56 Å². The highest BCUT2D eigenvalue weighted by Gasteiger charge is 2.28. The van der Waals surface area contributed by atoms with Crippen molar-refractivity contribution in [3.63, 3.8) is 0 Å².